The van der Waals surface area contributed by atoms with Crippen LogP contribution in [-0.4, -0.2) is 28.0 Å². The lowest BCUT2D eigenvalue weighted by atomic mass is 9.92. The molecule has 0 unspecified atom stereocenters. The maximum atomic E-state index is 13.7. The maximum Gasteiger partial charge on any atom is 0.276 e. The number of fused-ring (bicyclic) bond motifs is 3. The number of anilines is 1. The predicted octanol–water partition coefficient (Wildman–Crippen LogP) is 5.15. The van der Waals surface area contributed by atoms with Crippen LogP contribution in [0.4, 0.5) is 5.69 Å². The molecule has 3 aromatic rings. The van der Waals surface area contributed by atoms with Crippen molar-refractivity contribution in [1.82, 2.24) is 9.88 Å². The Morgan fingerprint density at radius 3 is 2.68 bits per heavy atom. The van der Waals surface area contributed by atoms with Gasteiger partial charge in [-0.2, -0.15) is 0 Å². The Labute approximate surface area is 186 Å². The van der Waals surface area contributed by atoms with Gasteiger partial charge in [-0.3, -0.25) is 14.5 Å². The van der Waals surface area contributed by atoms with E-state index in [-0.39, 0.29) is 17.9 Å². The second kappa shape index (κ2) is 7.75. The summed E-state index contributed by atoms with van der Waals surface area (Å²) in [5.41, 5.74) is 1.48. The predicted molar refractivity (Wildman–Crippen MR) is 121 cm³/mol. The standard InChI is InChI=1S/C24H26ClN3O3/c1-24(23(30)26-17-8-4-2-3-5-9-17)15-27-19-11-12-31-21(19)14-20(27)22(29)28(24)18-10-6-7-16(25)13-18/h6-7,10-14,17H,2-5,8-9,15H2,1H3,(H,26,30)/t24-/m1/s1. The highest BCUT2D eigenvalue weighted by molar-refractivity contribution is 6.31. The number of hydrogen-bond acceptors (Lipinski definition) is 3. The highest BCUT2D eigenvalue weighted by atomic mass is 35.5. The molecule has 2 aromatic heterocycles. The van der Waals surface area contributed by atoms with E-state index in [0.29, 0.717) is 28.5 Å². The number of carbonyl (C=O) groups excluding carboxylic acids is 2. The van der Waals surface area contributed by atoms with E-state index in [0.717, 1.165) is 31.2 Å². The molecule has 1 aromatic carbocycles. The zero-order valence-electron chi connectivity index (χ0n) is 17.6. The lowest BCUT2D eigenvalue weighted by Crippen LogP contribution is -2.65. The normalized spacial score (nSPS) is 22.4. The molecule has 5 rings (SSSR count). The van der Waals surface area contributed by atoms with Gasteiger partial charge in [-0.25, -0.2) is 0 Å². The molecule has 1 aliphatic heterocycles. The van der Waals surface area contributed by atoms with Crippen molar-refractivity contribution in [3.8, 4) is 0 Å². The zero-order chi connectivity index (χ0) is 21.6. The molecule has 2 aliphatic rings. The average molecular weight is 440 g/mol. The molecular weight excluding hydrogens is 414 g/mol. The Morgan fingerprint density at radius 1 is 1.16 bits per heavy atom. The van der Waals surface area contributed by atoms with Crippen molar-refractivity contribution in [2.24, 2.45) is 0 Å². The fraction of sp³-hybridized carbons (Fsp3) is 0.417. The molecule has 0 saturated heterocycles. The molecule has 1 saturated carbocycles. The van der Waals surface area contributed by atoms with Crippen molar-refractivity contribution in [2.45, 2.75) is 63.6 Å². The molecule has 3 heterocycles. The lowest BCUT2D eigenvalue weighted by molar-refractivity contribution is -0.127. The van der Waals surface area contributed by atoms with Crippen LogP contribution in [0.5, 0.6) is 0 Å². The van der Waals surface area contributed by atoms with Gasteiger partial charge in [0.2, 0.25) is 5.91 Å². The summed E-state index contributed by atoms with van der Waals surface area (Å²) in [6.45, 7) is 2.18. The summed E-state index contributed by atoms with van der Waals surface area (Å²) in [5, 5.41) is 3.79. The smallest absolute Gasteiger partial charge is 0.276 e. The van der Waals surface area contributed by atoms with Crippen molar-refractivity contribution >= 4 is 40.2 Å². The number of amides is 2. The van der Waals surface area contributed by atoms with Gasteiger partial charge in [-0.1, -0.05) is 43.4 Å². The van der Waals surface area contributed by atoms with E-state index >= 15 is 0 Å². The summed E-state index contributed by atoms with van der Waals surface area (Å²) >= 11 is 6.25. The highest BCUT2D eigenvalue weighted by Gasteiger charge is 2.49. The average Bonchev–Trinajstić information content (AvgIpc) is 3.23. The number of nitrogens with one attached hydrogen (secondary N) is 1. The first-order chi connectivity index (χ1) is 15.0. The van der Waals surface area contributed by atoms with Crippen LogP contribution in [0.25, 0.3) is 11.1 Å². The number of carbonyl (C=O) groups is 2. The monoisotopic (exact) mass is 439 g/mol. The van der Waals surface area contributed by atoms with Gasteiger partial charge < -0.3 is 14.3 Å². The number of halogens is 1. The third-order valence-electron chi connectivity index (χ3n) is 6.65. The minimum atomic E-state index is -1.11. The van der Waals surface area contributed by atoms with E-state index in [1.807, 2.05) is 23.6 Å². The van der Waals surface area contributed by atoms with Crippen LogP contribution in [0, 0.1) is 0 Å². The third kappa shape index (κ3) is 3.43. The molecule has 0 spiro atoms. The Morgan fingerprint density at radius 2 is 1.94 bits per heavy atom. The number of hydrogen-bond donors (Lipinski definition) is 1. The number of furan rings is 1. The van der Waals surface area contributed by atoms with E-state index in [2.05, 4.69) is 5.32 Å². The van der Waals surface area contributed by atoms with E-state index in [4.69, 9.17) is 16.0 Å². The number of aromatic nitrogens is 1. The van der Waals surface area contributed by atoms with Crippen molar-refractivity contribution < 1.29 is 14.0 Å². The van der Waals surface area contributed by atoms with Crippen LogP contribution in [-0.2, 0) is 11.3 Å². The lowest BCUT2D eigenvalue weighted by Gasteiger charge is -2.44. The minimum absolute atomic E-state index is 0.135. The molecule has 6 nitrogen and oxygen atoms in total. The van der Waals surface area contributed by atoms with Crippen LogP contribution in [0.3, 0.4) is 0 Å². The summed E-state index contributed by atoms with van der Waals surface area (Å²) in [4.78, 5) is 29.0. The zero-order valence-corrected chi connectivity index (χ0v) is 18.3. The molecule has 31 heavy (non-hydrogen) atoms. The van der Waals surface area contributed by atoms with Crippen LogP contribution >= 0.6 is 11.6 Å². The third-order valence-corrected chi connectivity index (χ3v) is 6.89. The molecule has 1 atom stereocenters. The SMILES string of the molecule is C[C@]1(C(=O)NC2CCCCCC2)Cn2c(cc3occc32)C(=O)N1c1cccc(Cl)c1. The molecule has 0 radical (unpaired) electrons. The Bertz CT molecular complexity index is 1140. The summed E-state index contributed by atoms with van der Waals surface area (Å²) in [6.07, 6.45) is 8.23. The van der Waals surface area contributed by atoms with Gasteiger partial charge >= 0.3 is 0 Å². The van der Waals surface area contributed by atoms with Crippen molar-refractivity contribution in [3.05, 3.63) is 53.4 Å². The summed E-state index contributed by atoms with van der Waals surface area (Å²) in [7, 11) is 0. The molecule has 2 amide bonds. The number of benzene rings is 1. The minimum Gasteiger partial charge on any atom is -0.463 e. The second-order valence-electron chi connectivity index (χ2n) is 8.84. The highest BCUT2D eigenvalue weighted by Crippen LogP contribution is 2.37. The molecule has 162 valence electrons. The molecule has 1 fully saturated rings. The molecule has 0 bridgehead atoms. The van der Waals surface area contributed by atoms with Gasteiger partial charge in [0, 0.05) is 28.9 Å². The first kappa shape index (κ1) is 20.2. The van der Waals surface area contributed by atoms with Crippen LogP contribution < -0.4 is 10.2 Å². The summed E-state index contributed by atoms with van der Waals surface area (Å²) in [6, 6.07) is 10.8. The van der Waals surface area contributed by atoms with Crippen LogP contribution in [0.1, 0.15) is 55.9 Å². The fourth-order valence-electron chi connectivity index (χ4n) is 5.00. The summed E-state index contributed by atoms with van der Waals surface area (Å²) < 4.78 is 7.43. The Hall–Kier alpha value is -2.73. The topological polar surface area (TPSA) is 67.5 Å². The van der Waals surface area contributed by atoms with Gasteiger partial charge in [-0.05, 0) is 38.0 Å². The molecule has 1 aliphatic carbocycles. The Kier molecular flexibility index (Phi) is 5.05. The van der Waals surface area contributed by atoms with E-state index < -0.39 is 5.54 Å². The number of nitrogens with zero attached hydrogens (tertiary/aromatic N) is 2. The second-order valence-corrected chi connectivity index (χ2v) is 9.28. The van der Waals surface area contributed by atoms with Crippen molar-refractivity contribution in [2.75, 3.05) is 4.90 Å². The first-order valence-electron chi connectivity index (χ1n) is 11.0. The van der Waals surface area contributed by atoms with E-state index in [1.54, 1.807) is 35.4 Å². The van der Waals surface area contributed by atoms with Crippen LogP contribution in [0.2, 0.25) is 5.02 Å². The molecular formula is C24H26ClN3O3. The number of rotatable bonds is 3. The van der Waals surface area contributed by atoms with Gasteiger partial charge in [0.25, 0.3) is 5.91 Å². The fourth-order valence-corrected chi connectivity index (χ4v) is 5.18. The van der Waals surface area contributed by atoms with Crippen molar-refractivity contribution in [1.29, 1.82) is 0 Å². The van der Waals surface area contributed by atoms with E-state index in [1.165, 1.54) is 12.8 Å². The van der Waals surface area contributed by atoms with Crippen LogP contribution in [0.15, 0.2) is 47.1 Å². The quantitative estimate of drug-likeness (QED) is 0.574. The van der Waals surface area contributed by atoms with Gasteiger partial charge in [-0.15, -0.1) is 0 Å². The summed E-state index contributed by atoms with van der Waals surface area (Å²) in [5.74, 6) is -0.373. The maximum absolute atomic E-state index is 13.7. The van der Waals surface area contributed by atoms with Crippen molar-refractivity contribution in [3.63, 3.8) is 0 Å². The largest absolute Gasteiger partial charge is 0.463 e. The van der Waals surface area contributed by atoms with Gasteiger partial charge in [0.15, 0.2) is 5.58 Å². The van der Waals surface area contributed by atoms with Gasteiger partial charge in [0.05, 0.1) is 18.3 Å². The first-order valence-corrected chi connectivity index (χ1v) is 11.3. The van der Waals surface area contributed by atoms with Gasteiger partial charge in [0.1, 0.15) is 11.2 Å². The molecule has 7 heteroatoms. The van der Waals surface area contributed by atoms with E-state index in [9.17, 15) is 9.59 Å². The Balaban J connectivity index is 1.58. The molecule has 1 N–H and O–H groups in total.